The van der Waals surface area contributed by atoms with Crippen LogP contribution in [0.5, 0.6) is 0 Å². The minimum absolute atomic E-state index is 0.0848. The molecule has 0 amide bonds. The Morgan fingerprint density at radius 1 is 1.40 bits per heavy atom. The highest BCUT2D eigenvalue weighted by atomic mass is 16.4. The van der Waals surface area contributed by atoms with Crippen molar-refractivity contribution in [2.75, 3.05) is 18.5 Å². The van der Waals surface area contributed by atoms with E-state index in [9.17, 15) is 0 Å². The molecule has 0 atom stereocenters. The molecule has 0 bridgehead atoms. The second kappa shape index (κ2) is 6.23. The Bertz CT molecular complexity index is 624. The third-order valence-electron chi connectivity index (χ3n) is 3.36. The standard InChI is InChI=1S/C15H20N4O/c1-3-4-9-19(2)14-11-7-5-6-8-13(11)17-10-12(14)15(16)18-20/h5-8,10,20H,3-4,9H2,1-2H3,(H2,16,18). The van der Waals surface area contributed by atoms with E-state index in [0.29, 0.717) is 5.56 Å². The Morgan fingerprint density at radius 2 is 2.15 bits per heavy atom. The zero-order valence-corrected chi connectivity index (χ0v) is 11.9. The molecule has 5 heteroatoms. The lowest BCUT2D eigenvalue weighted by molar-refractivity contribution is 0.318. The molecular weight excluding hydrogens is 252 g/mol. The van der Waals surface area contributed by atoms with Crippen LogP contribution in [-0.2, 0) is 0 Å². The molecule has 0 aliphatic heterocycles. The van der Waals surface area contributed by atoms with Crippen molar-refractivity contribution in [2.24, 2.45) is 10.9 Å². The van der Waals surface area contributed by atoms with E-state index in [0.717, 1.165) is 36.0 Å². The van der Waals surface area contributed by atoms with Crippen LogP contribution in [0.4, 0.5) is 5.69 Å². The maximum absolute atomic E-state index is 8.96. The number of aromatic nitrogens is 1. The highest BCUT2D eigenvalue weighted by molar-refractivity contribution is 6.08. The fraction of sp³-hybridized carbons (Fsp3) is 0.333. The zero-order valence-electron chi connectivity index (χ0n) is 11.9. The maximum atomic E-state index is 8.96. The molecule has 0 spiro atoms. The monoisotopic (exact) mass is 272 g/mol. The Balaban J connectivity index is 2.61. The summed E-state index contributed by atoms with van der Waals surface area (Å²) in [5.74, 6) is 0.0848. The van der Waals surface area contributed by atoms with E-state index in [1.807, 2.05) is 31.3 Å². The smallest absolute Gasteiger partial charge is 0.173 e. The average Bonchev–Trinajstić information content (AvgIpc) is 2.50. The fourth-order valence-electron chi connectivity index (χ4n) is 2.29. The van der Waals surface area contributed by atoms with Crippen molar-refractivity contribution in [3.63, 3.8) is 0 Å². The summed E-state index contributed by atoms with van der Waals surface area (Å²) in [5, 5.41) is 13.1. The maximum Gasteiger partial charge on any atom is 0.173 e. The van der Waals surface area contributed by atoms with Gasteiger partial charge in [0.15, 0.2) is 5.84 Å². The summed E-state index contributed by atoms with van der Waals surface area (Å²) in [6.45, 7) is 3.07. The average molecular weight is 272 g/mol. The predicted molar refractivity (Wildman–Crippen MR) is 82.4 cm³/mol. The van der Waals surface area contributed by atoms with Crippen molar-refractivity contribution in [3.05, 3.63) is 36.0 Å². The molecule has 0 saturated heterocycles. The number of nitrogens with zero attached hydrogens (tertiary/aromatic N) is 3. The summed E-state index contributed by atoms with van der Waals surface area (Å²) in [4.78, 5) is 6.51. The Labute approximate surface area is 118 Å². The van der Waals surface area contributed by atoms with Gasteiger partial charge in [-0.15, -0.1) is 0 Å². The van der Waals surface area contributed by atoms with Gasteiger partial charge in [0, 0.05) is 25.2 Å². The van der Waals surface area contributed by atoms with Crippen molar-refractivity contribution >= 4 is 22.4 Å². The lowest BCUT2D eigenvalue weighted by Gasteiger charge is -2.23. The van der Waals surface area contributed by atoms with Crippen molar-refractivity contribution in [1.82, 2.24) is 4.98 Å². The molecule has 0 saturated carbocycles. The first-order chi connectivity index (χ1) is 9.69. The lowest BCUT2D eigenvalue weighted by Crippen LogP contribution is -2.24. The number of hydrogen-bond acceptors (Lipinski definition) is 4. The molecule has 1 aromatic carbocycles. The van der Waals surface area contributed by atoms with E-state index in [1.165, 1.54) is 0 Å². The Morgan fingerprint density at radius 3 is 2.85 bits per heavy atom. The molecule has 1 heterocycles. The van der Waals surface area contributed by atoms with Crippen LogP contribution in [0.2, 0.25) is 0 Å². The van der Waals surface area contributed by atoms with Crippen molar-refractivity contribution < 1.29 is 5.21 Å². The molecule has 2 aromatic rings. The lowest BCUT2D eigenvalue weighted by atomic mass is 10.1. The van der Waals surface area contributed by atoms with Gasteiger partial charge >= 0.3 is 0 Å². The number of oxime groups is 1. The second-order valence-corrected chi connectivity index (χ2v) is 4.80. The van der Waals surface area contributed by atoms with E-state index in [2.05, 4.69) is 22.0 Å². The number of para-hydroxylation sites is 1. The molecule has 20 heavy (non-hydrogen) atoms. The molecule has 0 unspecified atom stereocenters. The summed E-state index contributed by atoms with van der Waals surface area (Å²) in [6, 6.07) is 7.89. The van der Waals surface area contributed by atoms with Crippen LogP contribution in [0, 0.1) is 0 Å². The van der Waals surface area contributed by atoms with E-state index < -0.39 is 0 Å². The van der Waals surface area contributed by atoms with Gasteiger partial charge < -0.3 is 15.8 Å². The van der Waals surface area contributed by atoms with Gasteiger partial charge in [-0.1, -0.05) is 36.7 Å². The molecule has 0 aliphatic rings. The van der Waals surface area contributed by atoms with E-state index in [4.69, 9.17) is 10.9 Å². The third-order valence-corrected chi connectivity index (χ3v) is 3.36. The van der Waals surface area contributed by atoms with Crippen LogP contribution in [-0.4, -0.2) is 29.6 Å². The summed E-state index contributed by atoms with van der Waals surface area (Å²) < 4.78 is 0. The number of unbranched alkanes of at least 4 members (excludes halogenated alkanes) is 1. The summed E-state index contributed by atoms with van der Waals surface area (Å²) in [5.41, 5.74) is 8.30. The van der Waals surface area contributed by atoms with Crippen molar-refractivity contribution in [2.45, 2.75) is 19.8 Å². The van der Waals surface area contributed by atoms with Crippen LogP contribution < -0.4 is 10.6 Å². The number of amidine groups is 1. The van der Waals surface area contributed by atoms with Gasteiger partial charge in [-0.3, -0.25) is 4.98 Å². The number of rotatable bonds is 5. The van der Waals surface area contributed by atoms with Gasteiger partial charge in [0.1, 0.15) is 0 Å². The molecule has 5 nitrogen and oxygen atoms in total. The van der Waals surface area contributed by atoms with Crippen LogP contribution in [0.1, 0.15) is 25.3 Å². The highest BCUT2D eigenvalue weighted by Crippen LogP contribution is 2.28. The fourth-order valence-corrected chi connectivity index (χ4v) is 2.29. The molecule has 0 aliphatic carbocycles. The van der Waals surface area contributed by atoms with Gasteiger partial charge in [0.2, 0.25) is 0 Å². The van der Waals surface area contributed by atoms with Crippen LogP contribution >= 0.6 is 0 Å². The van der Waals surface area contributed by atoms with Crippen LogP contribution in [0.3, 0.4) is 0 Å². The first-order valence-electron chi connectivity index (χ1n) is 6.75. The van der Waals surface area contributed by atoms with Gasteiger partial charge in [-0.25, -0.2) is 0 Å². The second-order valence-electron chi connectivity index (χ2n) is 4.80. The summed E-state index contributed by atoms with van der Waals surface area (Å²) >= 11 is 0. The largest absolute Gasteiger partial charge is 0.409 e. The first kappa shape index (κ1) is 14.1. The topological polar surface area (TPSA) is 74.7 Å². The normalized spacial score (nSPS) is 11.8. The van der Waals surface area contributed by atoms with Gasteiger partial charge in [-0.05, 0) is 12.5 Å². The quantitative estimate of drug-likeness (QED) is 0.379. The molecule has 106 valence electrons. The number of benzene rings is 1. The number of anilines is 1. The van der Waals surface area contributed by atoms with Gasteiger partial charge in [0.25, 0.3) is 0 Å². The molecule has 0 radical (unpaired) electrons. The third kappa shape index (κ3) is 2.66. The number of hydrogen-bond donors (Lipinski definition) is 2. The van der Waals surface area contributed by atoms with E-state index in [1.54, 1.807) is 6.20 Å². The number of pyridine rings is 1. The van der Waals surface area contributed by atoms with E-state index in [-0.39, 0.29) is 5.84 Å². The molecule has 1 aromatic heterocycles. The van der Waals surface area contributed by atoms with Crippen molar-refractivity contribution in [3.8, 4) is 0 Å². The first-order valence-corrected chi connectivity index (χ1v) is 6.75. The summed E-state index contributed by atoms with van der Waals surface area (Å²) in [6.07, 6.45) is 3.87. The molecule has 0 fully saturated rings. The Kier molecular flexibility index (Phi) is 4.40. The number of nitrogens with two attached hydrogens (primary N) is 1. The molecule has 3 N–H and O–H groups in total. The minimum atomic E-state index is 0.0848. The van der Waals surface area contributed by atoms with E-state index >= 15 is 0 Å². The Hall–Kier alpha value is -2.30. The van der Waals surface area contributed by atoms with Crippen LogP contribution in [0.15, 0.2) is 35.6 Å². The van der Waals surface area contributed by atoms with Crippen LogP contribution in [0.25, 0.3) is 10.9 Å². The zero-order chi connectivity index (χ0) is 14.5. The number of fused-ring (bicyclic) bond motifs is 1. The van der Waals surface area contributed by atoms with Crippen molar-refractivity contribution in [1.29, 1.82) is 0 Å². The van der Waals surface area contributed by atoms with Gasteiger partial charge in [0.05, 0.1) is 16.8 Å². The molecule has 2 rings (SSSR count). The highest BCUT2D eigenvalue weighted by Gasteiger charge is 2.15. The SMILES string of the molecule is CCCCN(C)c1c(/C(N)=N/O)cnc2ccccc12. The minimum Gasteiger partial charge on any atom is -0.409 e. The predicted octanol–water partition coefficient (Wildman–Crippen LogP) is 2.57. The summed E-state index contributed by atoms with van der Waals surface area (Å²) in [7, 11) is 2.02. The molecular formula is C15H20N4O. The van der Waals surface area contributed by atoms with Gasteiger partial charge in [-0.2, -0.15) is 0 Å².